The van der Waals surface area contributed by atoms with Gasteiger partial charge in [-0.2, -0.15) is 4.39 Å². The van der Waals surface area contributed by atoms with Crippen molar-refractivity contribution in [2.75, 3.05) is 31.9 Å². The van der Waals surface area contributed by atoms with E-state index in [9.17, 15) is 14.4 Å². The summed E-state index contributed by atoms with van der Waals surface area (Å²) in [6, 6.07) is 2.10. The Morgan fingerprint density at radius 2 is 1.87 bits per heavy atom. The minimum Gasteiger partial charge on any atom is -0.444 e. The number of aromatic nitrogens is 1. The molecule has 1 unspecified atom stereocenters. The van der Waals surface area contributed by atoms with E-state index < -0.39 is 47.2 Å². The van der Waals surface area contributed by atoms with Gasteiger partial charge in [-0.15, -0.1) is 0 Å². The first kappa shape index (κ1) is 26.1. The third-order valence-electron chi connectivity index (χ3n) is 7.02. The quantitative estimate of drug-likeness (QED) is 0.258. The minimum absolute atomic E-state index is 0.0897. The third kappa shape index (κ3) is 4.87. The van der Waals surface area contributed by atoms with Crippen molar-refractivity contribution in [3.05, 3.63) is 50.8 Å². The molecule has 0 saturated heterocycles. The van der Waals surface area contributed by atoms with Crippen molar-refractivity contribution in [1.82, 2.24) is 9.88 Å². The molecule has 3 aliphatic rings. The lowest BCUT2D eigenvalue weighted by molar-refractivity contribution is -0.0131. The molecule has 1 fully saturated rings. The molecule has 11 heteroatoms. The number of hydrogen-bond donors (Lipinski definition) is 1. The molecule has 1 aromatic heterocycles. The van der Waals surface area contributed by atoms with E-state index in [1.807, 2.05) is 4.90 Å². The molecule has 1 saturated carbocycles. The maximum absolute atomic E-state index is 15.6. The Hall–Kier alpha value is -3.47. The van der Waals surface area contributed by atoms with Crippen LogP contribution in [-0.4, -0.2) is 55.3 Å². The highest BCUT2D eigenvalue weighted by Crippen LogP contribution is 2.41. The van der Waals surface area contributed by atoms with Crippen LogP contribution in [0.1, 0.15) is 62.9 Å². The number of nitrogens with one attached hydrogen (secondary N) is 1. The number of fused-ring (bicyclic) bond motifs is 1. The van der Waals surface area contributed by atoms with Crippen LogP contribution < -0.4 is 15.6 Å². The lowest BCUT2D eigenvalue weighted by Crippen LogP contribution is -2.40. The van der Waals surface area contributed by atoms with Gasteiger partial charge in [0.2, 0.25) is 11.4 Å². The number of hydrogen-bond acceptors (Lipinski definition) is 7. The zero-order valence-corrected chi connectivity index (χ0v) is 21.9. The zero-order chi connectivity index (χ0) is 27.4. The van der Waals surface area contributed by atoms with Crippen LogP contribution in [0.3, 0.4) is 0 Å². The van der Waals surface area contributed by atoms with Crippen LogP contribution in [0.4, 0.5) is 19.3 Å². The standard InChI is InChI=1S/C27H31F2N3O6/c1-27(2,3)38-26(35)30-19-8-5-14-11-31(12-17(14)19)21-10-20-16(9-18(21)28)23(33)22(25(34)37-13-36-4)24(29)32(20)15-6-7-15/h9-10,15,19H,5-8,11-13H2,1-4H3,(H,30,35). The van der Waals surface area contributed by atoms with Crippen LogP contribution in [0.5, 0.6) is 0 Å². The van der Waals surface area contributed by atoms with Gasteiger partial charge < -0.3 is 29.0 Å². The third-order valence-corrected chi connectivity index (χ3v) is 7.02. The van der Waals surface area contributed by atoms with Crippen LogP contribution in [0.2, 0.25) is 0 Å². The van der Waals surface area contributed by atoms with Crippen LogP contribution in [0.25, 0.3) is 10.9 Å². The monoisotopic (exact) mass is 531 g/mol. The molecule has 5 rings (SSSR count). The number of carbonyl (C=O) groups excluding carboxylic acids is 2. The highest BCUT2D eigenvalue weighted by molar-refractivity contribution is 5.95. The molecule has 1 atom stereocenters. The molecule has 1 N–H and O–H groups in total. The maximum Gasteiger partial charge on any atom is 0.408 e. The van der Waals surface area contributed by atoms with E-state index in [0.717, 1.165) is 30.1 Å². The molecule has 0 bridgehead atoms. The molecule has 1 aliphatic heterocycles. The van der Waals surface area contributed by atoms with Crippen molar-refractivity contribution < 1.29 is 32.6 Å². The number of esters is 1. The highest BCUT2D eigenvalue weighted by Gasteiger charge is 2.37. The predicted octanol–water partition coefficient (Wildman–Crippen LogP) is 4.18. The average Bonchev–Trinajstić information content (AvgIpc) is 3.46. The first-order valence-electron chi connectivity index (χ1n) is 12.7. The van der Waals surface area contributed by atoms with Crippen LogP contribution in [0.15, 0.2) is 28.1 Å². The lowest BCUT2D eigenvalue weighted by Gasteiger charge is -2.26. The Morgan fingerprint density at radius 1 is 1.13 bits per heavy atom. The van der Waals surface area contributed by atoms with E-state index in [4.69, 9.17) is 14.2 Å². The number of ether oxygens (including phenoxy) is 3. The molecule has 1 amide bonds. The smallest absolute Gasteiger partial charge is 0.408 e. The first-order valence-corrected chi connectivity index (χ1v) is 12.7. The fourth-order valence-corrected chi connectivity index (χ4v) is 5.25. The second kappa shape index (κ2) is 9.68. The fourth-order valence-electron chi connectivity index (χ4n) is 5.25. The van der Waals surface area contributed by atoms with Gasteiger partial charge in [-0.25, -0.2) is 14.0 Å². The number of anilines is 1. The predicted molar refractivity (Wildman–Crippen MR) is 135 cm³/mol. The molecule has 0 spiro atoms. The van der Waals surface area contributed by atoms with E-state index in [0.29, 0.717) is 25.9 Å². The number of nitrogens with zero attached hydrogens (tertiary/aromatic N) is 2. The van der Waals surface area contributed by atoms with Gasteiger partial charge in [0.15, 0.2) is 12.4 Å². The summed E-state index contributed by atoms with van der Waals surface area (Å²) in [6.45, 7) is 5.78. The fraction of sp³-hybridized carbons (Fsp3) is 0.519. The van der Waals surface area contributed by atoms with Crippen molar-refractivity contribution in [3.63, 3.8) is 0 Å². The first-order chi connectivity index (χ1) is 18.0. The number of pyridine rings is 1. The number of benzene rings is 1. The van der Waals surface area contributed by atoms with Crippen LogP contribution in [0, 0.1) is 11.8 Å². The largest absolute Gasteiger partial charge is 0.444 e. The number of methoxy groups -OCH3 is 1. The number of carbonyl (C=O) groups is 2. The summed E-state index contributed by atoms with van der Waals surface area (Å²) < 4.78 is 47.2. The highest BCUT2D eigenvalue weighted by atomic mass is 19.1. The van der Waals surface area contributed by atoms with Gasteiger partial charge in [-0.1, -0.05) is 0 Å². The van der Waals surface area contributed by atoms with Gasteiger partial charge in [0.1, 0.15) is 11.4 Å². The molecule has 204 valence electrons. The Balaban J connectivity index is 1.46. The van der Waals surface area contributed by atoms with Gasteiger partial charge in [-0.05, 0) is 69.7 Å². The summed E-state index contributed by atoms with van der Waals surface area (Å²) in [7, 11) is 1.29. The Kier molecular flexibility index (Phi) is 6.66. The number of amides is 1. The second-order valence-electron chi connectivity index (χ2n) is 11.0. The van der Waals surface area contributed by atoms with E-state index in [1.54, 1.807) is 20.8 Å². The number of alkyl carbamates (subject to hydrolysis) is 1. The number of halogens is 2. The maximum atomic E-state index is 15.6. The van der Waals surface area contributed by atoms with Crippen molar-refractivity contribution in [3.8, 4) is 0 Å². The molecular weight excluding hydrogens is 500 g/mol. The van der Waals surface area contributed by atoms with Crippen molar-refractivity contribution in [2.45, 2.75) is 64.1 Å². The lowest BCUT2D eigenvalue weighted by atomic mass is 10.1. The van der Waals surface area contributed by atoms with Gasteiger partial charge in [-0.3, -0.25) is 4.79 Å². The van der Waals surface area contributed by atoms with Gasteiger partial charge in [0, 0.05) is 31.6 Å². The van der Waals surface area contributed by atoms with Crippen LogP contribution >= 0.6 is 0 Å². The molecule has 9 nitrogen and oxygen atoms in total. The zero-order valence-electron chi connectivity index (χ0n) is 21.9. The Bertz CT molecular complexity index is 1410. The minimum atomic E-state index is -1.15. The van der Waals surface area contributed by atoms with Gasteiger partial charge in [0.05, 0.1) is 17.2 Å². The molecular formula is C27H31F2N3O6. The molecule has 2 aliphatic carbocycles. The number of rotatable bonds is 6. The molecule has 38 heavy (non-hydrogen) atoms. The molecule has 1 aromatic carbocycles. The van der Waals surface area contributed by atoms with Crippen molar-refractivity contribution >= 4 is 28.7 Å². The molecule has 2 heterocycles. The summed E-state index contributed by atoms with van der Waals surface area (Å²) in [5.41, 5.74) is 0.278. The summed E-state index contributed by atoms with van der Waals surface area (Å²) in [5.74, 6) is -2.80. The Labute approximate surface area is 218 Å². The van der Waals surface area contributed by atoms with Crippen molar-refractivity contribution in [2.24, 2.45) is 0 Å². The van der Waals surface area contributed by atoms with Crippen molar-refractivity contribution in [1.29, 1.82) is 0 Å². The molecule has 0 radical (unpaired) electrons. The van der Waals surface area contributed by atoms with Crippen LogP contribution in [-0.2, 0) is 14.2 Å². The summed E-state index contributed by atoms with van der Waals surface area (Å²) in [5, 5.41) is 2.82. The van der Waals surface area contributed by atoms with Gasteiger partial charge in [0.25, 0.3) is 0 Å². The summed E-state index contributed by atoms with van der Waals surface area (Å²) in [4.78, 5) is 39.7. The SMILES string of the molecule is COCOC(=O)c1c(F)n(C2CC2)c2cc(N3CC4=C(C3)C(NC(=O)OC(C)(C)C)CC4)c(F)cc2c1=O. The Morgan fingerprint density at radius 3 is 2.53 bits per heavy atom. The summed E-state index contributed by atoms with van der Waals surface area (Å²) >= 11 is 0. The molecule has 2 aromatic rings. The van der Waals surface area contributed by atoms with E-state index in [-0.39, 0.29) is 28.7 Å². The van der Waals surface area contributed by atoms with E-state index in [2.05, 4.69) is 5.32 Å². The topological polar surface area (TPSA) is 99.1 Å². The average molecular weight is 532 g/mol. The van der Waals surface area contributed by atoms with E-state index in [1.165, 1.54) is 17.7 Å². The second-order valence-corrected chi connectivity index (χ2v) is 11.0. The summed E-state index contributed by atoms with van der Waals surface area (Å²) in [6.07, 6.45) is 2.34. The van der Waals surface area contributed by atoms with Gasteiger partial charge >= 0.3 is 12.1 Å². The van der Waals surface area contributed by atoms with E-state index >= 15 is 8.78 Å². The normalized spacial score (nSPS) is 19.2.